The highest BCUT2D eigenvalue weighted by Crippen LogP contribution is 2.27. The first-order chi connectivity index (χ1) is 10.0. The molecule has 2 aromatic rings. The second-order valence-electron chi connectivity index (χ2n) is 4.00. The molecule has 1 aromatic heterocycles. The first-order valence-corrected chi connectivity index (χ1v) is 6.57. The van der Waals surface area contributed by atoms with Crippen LogP contribution in [0.4, 0.5) is 11.5 Å². The van der Waals surface area contributed by atoms with Crippen LogP contribution in [0.25, 0.3) is 0 Å². The molecule has 1 amide bonds. The Morgan fingerprint density at radius 3 is 2.67 bits per heavy atom. The summed E-state index contributed by atoms with van der Waals surface area (Å²) in [6.45, 7) is 0. The van der Waals surface area contributed by atoms with Crippen molar-refractivity contribution in [3.05, 3.63) is 46.1 Å². The van der Waals surface area contributed by atoms with Crippen LogP contribution in [-0.2, 0) is 0 Å². The molecule has 6 nitrogen and oxygen atoms in total. The lowest BCUT2D eigenvalue weighted by molar-refractivity contribution is 0.102. The van der Waals surface area contributed by atoms with E-state index in [9.17, 15) is 4.79 Å². The van der Waals surface area contributed by atoms with Crippen molar-refractivity contribution >= 4 is 40.6 Å². The molecule has 0 radical (unpaired) electrons. The Balaban J connectivity index is 2.19. The molecule has 0 saturated heterocycles. The number of rotatable bonds is 4. The lowest BCUT2D eigenvalue weighted by Crippen LogP contribution is -2.14. The number of ether oxygens (including phenoxy) is 1. The maximum atomic E-state index is 12.1. The summed E-state index contributed by atoms with van der Waals surface area (Å²) in [7, 11) is 1.50. The number of methoxy groups -OCH3 is 1. The number of nitrogens with one attached hydrogen (secondary N) is 2. The molecule has 1 aromatic carbocycles. The molecule has 1 heterocycles. The molecule has 110 valence electrons. The minimum Gasteiger partial charge on any atom is -0.495 e. The van der Waals surface area contributed by atoms with Gasteiger partial charge in [-0.05, 0) is 18.2 Å². The number of anilines is 2. The van der Waals surface area contributed by atoms with Crippen molar-refractivity contribution in [1.29, 1.82) is 0 Å². The molecule has 2 rings (SSSR count). The van der Waals surface area contributed by atoms with Crippen LogP contribution in [0.15, 0.2) is 30.5 Å². The number of nitrogens with zero attached hydrogens (tertiary/aromatic N) is 1. The summed E-state index contributed by atoms with van der Waals surface area (Å²) < 4.78 is 5.08. The fourth-order valence-electron chi connectivity index (χ4n) is 1.61. The lowest BCUT2D eigenvalue weighted by Gasteiger charge is -2.09. The van der Waals surface area contributed by atoms with E-state index in [4.69, 9.17) is 33.8 Å². The summed E-state index contributed by atoms with van der Waals surface area (Å²) in [5.74, 6) is 5.62. The third-order valence-corrected chi connectivity index (χ3v) is 3.25. The van der Waals surface area contributed by atoms with E-state index >= 15 is 0 Å². The Bertz CT molecular complexity index is 679. The minimum atomic E-state index is -0.364. The molecular weight excluding hydrogens is 315 g/mol. The molecule has 0 aliphatic heterocycles. The number of amides is 1. The molecule has 8 heteroatoms. The van der Waals surface area contributed by atoms with E-state index in [1.807, 2.05) is 0 Å². The zero-order chi connectivity index (χ0) is 15.4. The number of hydrogen-bond donors (Lipinski definition) is 3. The summed E-state index contributed by atoms with van der Waals surface area (Å²) in [5, 5.41) is 3.40. The zero-order valence-corrected chi connectivity index (χ0v) is 12.5. The number of hydrogen-bond acceptors (Lipinski definition) is 5. The maximum absolute atomic E-state index is 12.1. The summed E-state index contributed by atoms with van der Waals surface area (Å²) in [6, 6.07) is 6.37. The zero-order valence-electron chi connectivity index (χ0n) is 11.0. The van der Waals surface area contributed by atoms with E-state index in [1.54, 1.807) is 18.2 Å². The fourth-order valence-corrected chi connectivity index (χ4v) is 2.02. The molecule has 0 saturated carbocycles. The number of benzene rings is 1. The number of halogens is 2. The Kier molecular flexibility index (Phi) is 4.85. The standard InChI is InChI=1S/C13H12Cl2N4O2/c1-21-11-5-8(2-3-9(11)14)18-13(20)7-4-10(15)12(19-16)17-6-7/h2-6H,16H2,1H3,(H,17,19)(H,18,20). The smallest absolute Gasteiger partial charge is 0.257 e. The quantitative estimate of drug-likeness (QED) is 0.593. The number of nitrogens with two attached hydrogens (primary N) is 1. The SMILES string of the molecule is COc1cc(NC(=O)c2cnc(NN)c(Cl)c2)ccc1Cl. The van der Waals surface area contributed by atoms with Crippen LogP contribution in [0.5, 0.6) is 5.75 Å². The predicted octanol–water partition coefficient (Wildman–Crippen LogP) is 2.93. The number of nitrogen functional groups attached to an aromatic ring is 1. The van der Waals surface area contributed by atoms with Gasteiger partial charge in [0.25, 0.3) is 5.91 Å². The molecule has 0 aliphatic rings. The summed E-state index contributed by atoms with van der Waals surface area (Å²) in [5.41, 5.74) is 3.17. The third kappa shape index (κ3) is 3.55. The molecule has 0 fully saturated rings. The average molecular weight is 327 g/mol. The van der Waals surface area contributed by atoms with Crippen LogP contribution in [0.2, 0.25) is 10.0 Å². The van der Waals surface area contributed by atoms with Crippen LogP contribution in [0.3, 0.4) is 0 Å². The first kappa shape index (κ1) is 15.4. The van der Waals surface area contributed by atoms with E-state index in [0.717, 1.165) is 0 Å². The van der Waals surface area contributed by atoms with Crippen molar-refractivity contribution < 1.29 is 9.53 Å². The maximum Gasteiger partial charge on any atom is 0.257 e. The topological polar surface area (TPSA) is 89.3 Å². The normalized spacial score (nSPS) is 10.1. The Morgan fingerprint density at radius 1 is 1.29 bits per heavy atom. The van der Waals surface area contributed by atoms with Crippen molar-refractivity contribution in [1.82, 2.24) is 4.98 Å². The van der Waals surface area contributed by atoms with Crippen molar-refractivity contribution in [2.75, 3.05) is 17.9 Å². The van der Waals surface area contributed by atoms with Gasteiger partial charge in [0.2, 0.25) is 0 Å². The highest BCUT2D eigenvalue weighted by atomic mass is 35.5. The number of aromatic nitrogens is 1. The van der Waals surface area contributed by atoms with E-state index in [1.165, 1.54) is 19.4 Å². The van der Waals surface area contributed by atoms with Gasteiger partial charge >= 0.3 is 0 Å². The van der Waals surface area contributed by atoms with Crippen molar-refractivity contribution in [2.45, 2.75) is 0 Å². The van der Waals surface area contributed by atoms with Crippen molar-refractivity contribution in [3.8, 4) is 5.75 Å². The summed E-state index contributed by atoms with van der Waals surface area (Å²) >= 11 is 11.8. The van der Waals surface area contributed by atoms with Gasteiger partial charge in [-0.25, -0.2) is 10.8 Å². The van der Waals surface area contributed by atoms with Gasteiger partial charge in [-0.1, -0.05) is 23.2 Å². The van der Waals surface area contributed by atoms with Crippen LogP contribution >= 0.6 is 23.2 Å². The number of carbonyl (C=O) groups is 1. The number of carbonyl (C=O) groups excluding carboxylic acids is 1. The Hall–Kier alpha value is -2.02. The van der Waals surface area contributed by atoms with Gasteiger partial charge in [0, 0.05) is 18.0 Å². The minimum absolute atomic E-state index is 0.249. The number of pyridine rings is 1. The molecule has 4 N–H and O–H groups in total. The highest BCUT2D eigenvalue weighted by Gasteiger charge is 2.11. The Morgan fingerprint density at radius 2 is 2.05 bits per heavy atom. The average Bonchev–Trinajstić information content (AvgIpc) is 2.49. The van der Waals surface area contributed by atoms with E-state index in [-0.39, 0.29) is 10.9 Å². The first-order valence-electron chi connectivity index (χ1n) is 5.82. The molecule has 0 atom stereocenters. The second-order valence-corrected chi connectivity index (χ2v) is 4.82. The predicted molar refractivity (Wildman–Crippen MR) is 83.0 cm³/mol. The van der Waals surface area contributed by atoms with Crippen molar-refractivity contribution in [2.24, 2.45) is 5.84 Å². The van der Waals surface area contributed by atoms with Gasteiger partial charge < -0.3 is 15.5 Å². The third-order valence-electron chi connectivity index (χ3n) is 2.65. The molecule has 0 spiro atoms. The van der Waals surface area contributed by atoms with Crippen molar-refractivity contribution in [3.63, 3.8) is 0 Å². The van der Waals surface area contributed by atoms with Gasteiger partial charge in [0.15, 0.2) is 5.82 Å². The molecule has 21 heavy (non-hydrogen) atoms. The van der Waals surface area contributed by atoms with E-state index < -0.39 is 0 Å². The van der Waals surface area contributed by atoms with Crippen LogP contribution in [-0.4, -0.2) is 18.0 Å². The van der Waals surface area contributed by atoms with Crippen LogP contribution in [0.1, 0.15) is 10.4 Å². The molecule has 0 aliphatic carbocycles. The lowest BCUT2D eigenvalue weighted by atomic mass is 10.2. The van der Waals surface area contributed by atoms with Gasteiger partial charge in [0.1, 0.15) is 5.75 Å². The van der Waals surface area contributed by atoms with Gasteiger partial charge in [-0.3, -0.25) is 4.79 Å². The van der Waals surface area contributed by atoms with Gasteiger partial charge in [0.05, 0.1) is 22.7 Å². The van der Waals surface area contributed by atoms with Gasteiger partial charge in [-0.2, -0.15) is 0 Å². The molecule has 0 bridgehead atoms. The fraction of sp³-hybridized carbons (Fsp3) is 0.0769. The van der Waals surface area contributed by atoms with E-state index in [0.29, 0.717) is 27.8 Å². The van der Waals surface area contributed by atoms with E-state index in [2.05, 4.69) is 15.7 Å². The molecular formula is C13H12Cl2N4O2. The van der Waals surface area contributed by atoms with Crippen LogP contribution in [0, 0.1) is 0 Å². The Labute approximate surface area is 131 Å². The largest absolute Gasteiger partial charge is 0.495 e. The summed E-state index contributed by atoms with van der Waals surface area (Å²) in [4.78, 5) is 16.0. The monoisotopic (exact) mass is 326 g/mol. The summed E-state index contributed by atoms with van der Waals surface area (Å²) in [6.07, 6.45) is 1.36. The number of hydrazine groups is 1. The van der Waals surface area contributed by atoms with Crippen LogP contribution < -0.4 is 21.3 Å². The molecule has 0 unspecified atom stereocenters. The second kappa shape index (κ2) is 6.62. The highest BCUT2D eigenvalue weighted by molar-refractivity contribution is 6.33. The van der Waals surface area contributed by atoms with Gasteiger partial charge in [-0.15, -0.1) is 0 Å².